The van der Waals surface area contributed by atoms with E-state index in [1.807, 2.05) is 0 Å². The van der Waals surface area contributed by atoms with E-state index in [4.69, 9.17) is 0 Å². The average Bonchev–Trinajstić information content (AvgIpc) is 2.48. The van der Waals surface area contributed by atoms with Crippen LogP contribution in [0.25, 0.3) is 0 Å². The maximum Gasteiger partial charge on any atom is -0.00990 e. The fraction of sp³-hybridized carbons (Fsp3) is 0.667. The zero-order valence-electron chi connectivity index (χ0n) is 13.2. The summed E-state index contributed by atoms with van der Waals surface area (Å²) in [6.45, 7) is 6.98. The summed E-state index contributed by atoms with van der Waals surface area (Å²) in [6, 6.07) is 11.4. The van der Waals surface area contributed by atoms with Gasteiger partial charge in [-0.25, -0.2) is 10.0 Å². The Morgan fingerprint density at radius 1 is 0.684 bits per heavy atom. The van der Waals surface area contributed by atoms with E-state index < -0.39 is 10.0 Å². The molecule has 1 aromatic carbocycles. The summed E-state index contributed by atoms with van der Waals surface area (Å²) in [7, 11) is -0.562. The Hall–Kier alpha value is -0.430. The Balaban J connectivity index is 2.94. The van der Waals surface area contributed by atoms with E-state index in [1.165, 1.54) is 55.8 Å². The summed E-state index contributed by atoms with van der Waals surface area (Å²) < 4.78 is 0. The van der Waals surface area contributed by atoms with Gasteiger partial charge in [0.05, 0.1) is 0 Å². The van der Waals surface area contributed by atoms with Crippen molar-refractivity contribution in [3.63, 3.8) is 0 Å². The second-order valence-corrected chi connectivity index (χ2v) is 9.32. The van der Waals surface area contributed by atoms with Crippen LogP contribution in [0.15, 0.2) is 35.2 Å². The molecule has 0 aliphatic heterocycles. The molecule has 0 atom stereocenters. The Labute approximate surface area is 122 Å². The van der Waals surface area contributed by atoms with Crippen molar-refractivity contribution in [3.05, 3.63) is 30.3 Å². The van der Waals surface area contributed by atoms with Crippen LogP contribution in [0.1, 0.15) is 59.3 Å². The van der Waals surface area contributed by atoms with Crippen LogP contribution in [0.3, 0.4) is 0 Å². The molecule has 0 spiro atoms. The van der Waals surface area contributed by atoms with Gasteiger partial charge in [-0.15, -0.1) is 0 Å². The quantitative estimate of drug-likeness (QED) is 0.475. The minimum Gasteiger partial charge on any atom is -0.215 e. The second kappa shape index (κ2) is 9.47. The maximum atomic E-state index is 2.40. The van der Waals surface area contributed by atoms with E-state index in [0.717, 1.165) is 0 Å². The third kappa shape index (κ3) is 5.22. The molecule has 0 radical (unpaired) electrons. The van der Waals surface area contributed by atoms with Crippen molar-refractivity contribution in [2.45, 2.75) is 64.2 Å². The Morgan fingerprint density at radius 3 is 1.47 bits per heavy atom. The molecule has 0 nitrogen and oxygen atoms in total. The van der Waals surface area contributed by atoms with Crippen LogP contribution >= 0.6 is 10.0 Å². The van der Waals surface area contributed by atoms with Crippen molar-refractivity contribution in [2.24, 2.45) is 0 Å². The first kappa shape index (κ1) is 16.6. The molecule has 0 aliphatic carbocycles. The maximum absolute atomic E-state index is 2.40. The Kier molecular flexibility index (Phi) is 8.29. The molecule has 1 aromatic rings. The van der Waals surface area contributed by atoms with Gasteiger partial charge in [0, 0.05) is 0 Å². The van der Waals surface area contributed by atoms with E-state index in [9.17, 15) is 0 Å². The van der Waals surface area contributed by atoms with Crippen molar-refractivity contribution < 1.29 is 0 Å². The lowest BCUT2D eigenvalue weighted by Crippen LogP contribution is -2.15. The minimum atomic E-state index is -0.562. The van der Waals surface area contributed by atoms with Crippen molar-refractivity contribution in [1.29, 1.82) is 0 Å². The van der Waals surface area contributed by atoms with Gasteiger partial charge in [0.25, 0.3) is 0 Å². The summed E-state index contributed by atoms with van der Waals surface area (Å²) >= 11 is 0. The molecular weight excluding hydrogens is 248 g/mol. The van der Waals surface area contributed by atoms with Gasteiger partial charge in [-0.3, -0.25) is 0 Å². The minimum absolute atomic E-state index is 0.562. The monoisotopic (exact) mass is 280 g/mol. The van der Waals surface area contributed by atoms with Crippen molar-refractivity contribution in [2.75, 3.05) is 17.3 Å². The van der Waals surface area contributed by atoms with Gasteiger partial charge in [0.2, 0.25) is 0 Å². The first-order valence-electron chi connectivity index (χ1n) is 8.10. The molecule has 0 heterocycles. The SMILES string of the molecule is CCCCS(CCCC)(CCCC)c1ccccc1. The third-order valence-corrected chi connectivity index (χ3v) is 8.39. The molecule has 0 bridgehead atoms. The largest absolute Gasteiger partial charge is 0.215 e. The lowest BCUT2D eigenvalue weighted by atomic mass is 10.4. The van der Waals surface area contributed by atoms with Crippen molar-refractivity contribution in [3.8, 4) is 0 Å². The number of hydrogen-bond acceptors (Lipinski definition) is 0. The number of rotatable bonds is 10. The molecule has 1 heteroatoms. The highest BCUT2D eigenvalue weighted by atomic mass is 32.3. The van der Waals surface area contributed by atoms with E-state index >= 15 is 0 Å². The smallest absolute Gasteiger partial charge is 0.00990 e. The number of hydrogen-bond donors (Lipinski definition) is 0. The van der Waals surface area contributed by atoms with E-state index in [2.05, 4.69) is 51.1 Å². The van der Waals surface area contributed by atoms with Crippen molar-refractivity contribution >= 4 is 10.0 Å². The fourth-order valence-corrected chi connectivity index (χ4v) is 7.21. The van der Waals surface area contributed by atoms with Gasteiger partial charge in [-0.2, -0.15) is 0 Å². The molecule has 110 valence electrons. The lowest BCUT2D eigenvalue weighted by Gasteiger charge is -2.41. The van der Waals surface area contributed by atoms with E-state index in [-0.39, 0.29) is 0 Å². The molecule has 1 rings (SSSR count). The third-order valence-electron chi connectivity index (χ3n) is 3.91. The van der Waals surface area contributed by atoms with E-state index in [0.29, 0.717) is 0 Å². The van der Waals surface area contributed by atoms with Gasteiger partial charge in [0.15, 0.2) is 0 Å². The number of benzene rings is 1. The Morgan fingerprint density at radius 2 is 1.11 bits per heavy atom. The highest BCUT2D eigenvalue weighted by Crippen LogP contribution is 2.57. The molecule has 0 amide bonds. The van der Waals surface area contributed by atoms with Crippen molar-refractivity contribution in [1.82, 2.24) is 0 Å². The molecule has 0 aromatic heterocycles. The highest BCUT2D eigenvalue weighted by Gasteiger charge is 2.24. The zero-order valence-corrected chi connectivity index (χ0v) is 14.0. The molecule has 0 unspecified atom stereocenters. The van der Waals surface area contributed by atoms with Gasteiger partial charge < -0.3 is 0 Å². The van der Waals surface area contributed by atoms with Crippen LogP contribution in [0.2, 0.25) is 0 Å². The first-order chi connectivity index (χ1) is 9.29. The van der Waals surface area contributed by atoms with Crippen LogP contribution in [-0.4, -0.2) is 17.3 Å². The van der Waals surface area contributed by atoms with E-state index in [1.54, 1.807) is 4.90 Å². The predicted octanol–water partition coefficient (Wildman–Crippen LogP) is 6.25. The lowest BCUT2D eigenvalue weighted by molar-refractivity contribution is 0.845. The molecule has 0 saturated carbocycles. The standard InChI is InChI=1S/C18H32S/c1-4-7-15-19(16-8-5-2,17-9-6-3)18-13-11-10-12-14-18/h10-14H,4-9,15-17H2,1-3H3. The predicted molar refractivity (Wildman–Crippen MR) is 91.6 cm³/mol. The zero-order chi connectivity index (χ0) is 14.0. The van der Waals surface area contributed by atoms with Gasteiger partial charge in [-0.1, -0.05) is 70.4 Å². The van der Waals surface area contributed by atoms with Crippen LogP contribution in [0.4, 0.5) is 0 Å². The molecular formula is C18H32S. The molecule has 19 heavy (non-hydrogen) atoms. The Bertz CT molecular complexity index is 296. The molecule has 0 aliphatic rings. The molecule has 0 saturated heterocycles. The number of unbranched alkanes of at least 4 members (excludes halogenated alkanes) is 3. The van der Waals surface area contributed by atoms with Crippen LogP contribution < -0.4 is 0 Å². The summed E-state index contributed by atoms with van der Waals surface area (Å²) in [5, 5.41) is 0. The van der Waals surface area contributed by atoms with Gasteiger partial charge in [-0.05, 0) is 41.4 Å². The van der Waals surface area contributed by atoms with Gasteiger partial charge in [0.1, 0.15) is 0 Å². The molecule has 0 fully saturated rings. The summed E-state index contributed by atoms with van der Waals surface area (Å²) in [4.78, 5) is 1.67. The normalized spacial score (nSPS) is 12.6. The van der Waals surface area contributed by atoms with Crippen LogP contribution in [0, 0.1) is 0 Å². The summed E-state index contributed by atoms with van der Waals surface area (Å²) in [5.74, 6) is 4.36. The van der Waals surface area contributed by atoms with Crippen LogP contribution in [-0.2, 0) is 0 Å². The average molecular weight is 281 g/mol. The van der Waals surface area contributed by atoms with Crippen LogP contribution in [0.5, 0.6) is 0 Å². The summed E-state index contributed by atoms with van der Waals surface area (Å²) in [6.07, 6.45) is 8.20. The second-order valence-electron chi connectivity index (χ2n) is 5.53. The molecule has 0 N–H and O–H groups in total. The first-order valence-corrected chi connectivity index (χ1v) is 10.2. The van der Waals surface area contributed by atoms with Gasteiger partial charge >= 0.3 is 0 Å². The highest BCUT2D eigenvalue weighted by molar-refractivity contribution is 8.33. The summed E-state index contributed by atoms with van der Waals surface area (Å²) in [5.41, 5.74) is 0. The topological polar surface area (TPSA) is 0 Å². The fourth-order valence-electron chi connectivity index (χ4n) is 2.63.